The van der Waals surface area contributed by atoms with E-state index in [2.05, 4.69) is 37.3 Å². The van der Waals surface area contributed by atoms with Gasteiger partial charge in [0.15, 0.2) is 0 Å². The third-order valence-corrected chi connectivity index (χ3v) is 6.30. The average Bonchev–Trinajstić information content (AvgIpc) is 3.33. The van der Waals surface area contributed by atoms with Crippen molar-refractivity contribution in [3.05, 3.63) is 76.9 Å². The van der Waals surface area contributed by atoms with E-state index in [4.69, 9.17) is 0 Å². The van der Waals surface area contributed by atoms with Crippen LogP contribution in [0.15, 0.2) is 48.8 Å². The zero-order chi connectivity index (χ0) is 27.4. The van der Waals surface area contributed by atoms with Gasteiger partial charge in [0.1, 0.15) is 5.82 Å². The Balaban J connectivity index is 1.63. The smallest absolute Gasteiger partial charge is 0.369 e. The molecule has 38 heavy (non-hydrogen) atoms. The number of hydrogen-bond donors (Lipinski definition) is 2. The van der Waals surface area contributed by atoms with Gasteiger partial charge in [0, 0.05) is 44.6 Å². The summed E-state index contributed by atoms with van der Waals surface area (Å²) in [6.45, 7) is 1.57. The van der Waals surface area contributed by atoms with Gasteiger partial charge in [-0.05, 0) is 56.4 Å². The molecule has 2 aromatic carbocycles. The molecule has 11 heteroatoms. The minimum atomic E-state index is -4.61. The lowest BCUT2D eigenvalue weighted by atomic mass is 10.1. The maximum absolute atomic E-state index is 14.7. The fourth-order valence-corrected chi connectivity index (χ4v) is 4.18. The van der Waals surface area contributed by atoms with Crippen LogP contribution in [0.4, 0.5) is 34.9 Å². The van der Waals surface area contributed by atoms with Gasteiger partial charge < -0.3 is 20.4 Å². The number of aromatic nitrogens is 2. The molecule has 0 unspecified atom stereocenters. The second-order valence-corrected chi connectivity index (χ2v) is 8.99. The Morgan fingerprint density at radius 2 is 1.82 bits per heavy atom. The molecule has 1 aliphatic rings. The van der Waals surface area contributed by atoms with Gasteiger partial charge in [0.25, 0.3) is 5.91 Å². The quantitative estimate of drug-likeness (QED) is 0.378. The van der Waals surface area contributed by atoms with Crippen molar-refractivity contribution in [2.24, 2.45) is 0 Å². The highest BCUT2D eigenvalue weighted by atomic mass is 19.4. The Kier molecular flexibility index (Phi) is 7.83. The van der Waals surface area contributed by atoms with Crippen molar-refractivity contribution in [2.75, 3.05) is 49.8 Å². The molecule has 1 amide bonds. The van der Waals surface area contributed by atoms with Crippen molar-refractivity contribution in [2.45, 2.75) is 18.6 Å². The van der Waals surface area contributed by atoms with E-state index in [9.17, 15) is 22.4 Å². The monoisotopic (exact) mass is 526 g/mol. The van der Waals surface area contributed by atoms with E-state index < -0.39 is 23.5 Å². The molecular formula is C27H26F4N6O. The van der Waals surface area contributed by atoms with Gasteiger partial charge >= 0.3 is 6.18 Å². The van der Waals surface area contributed by atoms with Crippen LogP contribution in [0.25, 0.3) is 0 Å². The summed E-state index contributed by atoms with van der Waals surface area (Å²) in [5.74, 6) is 4.38. The predicted molar refractivity (Wildman–Crippen MR) is 138 cm³/mol. The molecular weight excluding hydrogens is 500 g/mol. The van der Waals surface area contributed by atoms with E-state index in [-0.39, 0.29) is 17.3 Å². The van der Waals surface area contributed by atoms with Crippen LogP contribution in [0, 0.1) is 17.7 Å². The molecule has 1 atom stereocenters. The predicted octanol–water partition coefficient (Wildman–Crippen LogP) is 4.47. The number of amides is 1. The number of nitrogens with one attached hydrogen (secondary N) is 2. The molecule has 7 nitrogen and oxygen atoms in total. The van der Waals surface area contributed by atoms with Crippen molar-refractivity contribution >= 4 is 23.2 Å². The first-order valence-electron chi connectivity index (χ1n) is 11.8. The Morgan fingerprint density at radius 3 is 2.45 bits per heavy atom. The normalized spacial score (nSPS) is 15.5. The zero-order valence-electron chi connectivity index (χ0n) is 21.0. The van der Waals surface area contributed by atoms with Crippen LogP contribution in [-0.4, -0.2) is 61.0 Å². The molecule has 1 fully saturated rings. The number of alkyl halides is 3. The summed E-state index contributed by atoms with van der Waals surface area (Å²) < 4.78 is 55.1. The molecule has 0 radical (unpaired) electrons. The summed E-state index contributed by atoms with van der Waals surface area (Å²) in [7, 11) is 5.41. The van der Waals surface area contributed by atoms with E-state index >= 15 is 0 Å². The summed E-state index contributed by atoms with van der Waals surface area (Å²) in [5.41, 5.74) is -0.0593. The number of hydrogen-bond acceptors (Lipinski definition) is 6. The number of nitrogens with zero attached hydrogens (tertiary/aromatic N) is 4. The summed E-state index contributed by atoms with van der Waals surface area (Å²) in [5, 5.41) is 5.29. The van der Waals surface area contributed by atoms with Crippen LogP contribution >= 0.6 is 0 Å². The van der Waals surface area contributed by atoms with Crippen molar-refractivity contribution in [3.63, 3.8) is 0 Å². The highest BCUT2D eigenvalue weighted by Gasteiger charge is 2.33. The van der Waals surface area contributed by atoms with Gasteiger partial charge in [0.2, 0.25) is 5.95 Å². The first-order valence-corrected chi connectivity index (χ1v) is 11.8. The number of likely N-dealkylation sites (N-methyl/N-ethyl adjacent to an activating group) is 2. The molecule has 198 valence electrons. The Labute approximate surface area is 217 Å². The van der Waals surface area contributed by atoms with Crippen LogP contribution in [0.2, 0.25) is 0 Å². The highest BCUT2D eigenvalue weighted by molar-refractivity contribution is 6.06. The molecule has 0 saturated carbocycles. The Hall–Kier alpha value is -4.17. The van der Waals surface area contributed by atoms with E-state index in [0.717, 1.165) is 37.7 Å². The van der Waals surface area contributed by atoms with Crippen molar-refractivity contribution in [1.82, 2.24) is 14.9 Å². The van der Waals surface area contributed by atoms with Gasteiger partial charge in [-0.3, -0.25) is 4.79 Å². The van der Waals surface area contributed by atoms with E-state index in [1.165, 1.54) is 30.6 Å². The molecule has 2 N–H and O–H groups in total. The van der Waals surface area contributed by atoms with Gasteiger partial charge in [-0.2, -0.15) is 13.2 Å². The summed E-state index contributed by atoms with van der Waals surface area (Å²) in [6.07, 6.45) is -0.771. The molecule has 1 aromatic heterocycles. The van der Waals surface area contributed by atoms with Crippen LogP contribution < -0.4 is 15.5 Å². The van der Waals surface area contributed by atoms with Gasteiger partial charge in [-0.15, -0.1) is 0 Å². The molecule has 1 saturated heterocycles. The van der Waals surface area contributed by atoms with E-state index in [1.54, 1.807) is 14.1 Å². The first-order chi connectivity index (χ1) is 18.0. The zero-order valence-corrected chi connectivity index (χ0v) is 21.0. The third kappa shape index (κ3) is 6.20. The van der Waals surface area contributed by atoms with Crippen LogP contribution in [-0.2, 0) is 6.18 Å². The SMILES string of the molecule is CNc1ncc(C#Cc2ccc(F)c(C(=O)Nc3cc(C(F)(F)F)ccc3N(C)[C@@H]3CCN(C)C3)c2)cn1. The lowest BCUT2D eigenvalue weighted by Gasteiger charge is -2.29. The molecule has 2 heterocycles. The minimum Gasteiger partial charge on any atom is -0.369 e. The highest BCUT2D eigenvalue weighted by Crippen LogP contribution is 2.36. The number of carbonyl (C=O) groups is 1. The number of carbonyl (C=O) groups excluding carboxylic acids is 1. The average molecular weight is 527 g/mol. The fourth-order valence-electron chi connectivity index (χ4n) is 4.18. The second-order valence-electron chi connectivity index (χ2n) is 8.99. The van der Waals surface area contributed by atoms with Crippen molar-refractivity contribution in [3.8, 4) is 11.8 Å². The maximum Gasteiger partial charge on any atom is 0.416 e. The number of halogens is 4. The summed E-state index contributed by atoms with van der Waals surface area (Å²) >= 11 is 0. The fraction of sp³-hybridized carbons (Fsp3) is 0.296. The van der Waals surface area contributed by atoms with Crippen LogP contribution in [0.1, 0.15) is 33.5 Å². The maximum atomic E-state index is 14.7. The molecule has 1 aliphatic heterocycles. The minimum absolute atomic E-state index is 0.0499. The van der Waals surface area contributed by atoms with Gasteiger partial charge in [0.05, 0.1) is 28.1 Å². The molecule has 0 bridgehead atoms. The first kappa shape index (κ1) is 26.9. The van der Waals surface area contributed by atoms with Crippen LogP contribution in [0.3, 0.4) is 0 Å². The standard InChI is InChI=1S/C27H26F4N6O/c1-32-26-33-14-18(15-34-26)5-4-17-6-8-22(28)21(12-17)25(38)35-23-13-19(27(29,30)31)7-9-24(23)37(3)20-10-11-36(2)16-20/h6-9,12-15,20H,10-11,16H2,1-3H3,(H,35,38)(H,32,33,34)/t20-/m1/s1. The third-order valence-electron chi connectivity index (χ3n) is 6.30. The molecule has 0 spiro atoms. The van der Waals surface area contributed by atoms with E-state index in [1.807, 2.05) is 11.9 Å². The number of likely N-dealkylation sites (tertiary alicyclic amines) is 1. The summed E-state index contributed by atoms with van der Waals surface area (Å²) in [4.78, 5) is 25.2. The molecule has 3 aromatic rings. The summed E-state index contributed by atoms with van der Waals surface area (Å²) in [6, 6.07) is 6.98. The molecule has 4 rings (SSSR count). The van der Waals surface area contributed by atoms with Gasteiger partial charge in [-0.25, -0.2) is 14.4 Å². The van der Waals surface area contributed by atoms with Crippen LogP contribution in [0.5, 0.6) is 0 Å². The van der Waals surface area contributed by atoms with Crippen molar-refractivity contribution in [1.29, 1.82) is 0 Å². The van der Waals surface area contributed by atoms with E-state index in [0.29, 0.717) is 22.8 Å². The largest absolute Gasteiger partial charge is 0.416 e. The lowest BCUT2D eigenvalue weighted by molar-refractivity contribution is -0.137. The lowest BCUT2D eigenvalue weighted by Crippen LogP contribution is -2.34. The van der Waals surface area contributed by atoms with Crippen molar-refractivity contribution < 1.29 is 22.4 Å². The number of anilines is 3. The Bertz CT molecular complexity index is 1380. The second kappa shape index (κ2) is 11.1. The number of benzene rings is 2. The molecule has 0 aliphatic carbocycles. The topological polar surface area (TPSA) is 73.4 Å². The Morgan fingerprint density at radius 1 is 1.11 bits per heavy atom. The number of rotatable bonds is 5. The van der Waals surface area contributed by atoms with Gasteiger partial charge in [-0.1, -0.05) is 11.8 Å².